The fourth-order valence-corrected chi connectivity index (χ4v) is 3.53. The van der Waals surface area contributed by atoms with Crippen LogP contribution in [0.3, 0.4) is 0 Å². The Bertz CT molecular complexity index is 1060. The standard InChI is InChI=1S/C21H19BrN4O3/c1-13-18(20(27)28-2)19(26-21(25-13)23-12-24-26)15-5-9-17(10-6-15)29-11-14-3-7-16(22)8-4-14/h3-10,12,19H,11H2,1-2H3,(H,23,24,25). The molecule has 29 heavy (non-hydrogen) atoms. The molecule has 1 aliphatic heterocycles. The van der Waals surface area contributed by atoms with Crippen LogP contribution in [0.5, 0.6) is 5.75 Å². The number of carbonyl (C=O) groups is 1. The number of benzene rings is 2. The van der Waals surface area contributed by atoms with E-state index < -0.39 is 12.0 Å². The Labute approximate surface area is 176 Å². The van der Waals surface area contributed by atoms with Gasteiger partial charge in [0.2, 0.25) is 5.95 Å². The van der Waals surface area contributed by atoms with Gasteiger partial charge in [0, 0.05) is 10.2 Å². The molecule has 0 amide bonds. The number of allylic oxidation sites excluding steroid dienone is 1. The number of rotatable bonds is 5. The van der Waals surface area contributed by atoms with Crippen LogP contribution in [0.4, 0.5) is 5.95 Å². The molecule has 0 radical (unpaired) electrons. The van der Waals surface area contributed by atoms with Gasteiger partial charge < -0.3 is 14.8 Å². The monoisotopic (exact) mass is 454 g/mol. The van der Waals surface area contributed by atoms with Crippen molar-refractivity contribution < 1.29 is 14.3 Å². The maximum absolute atomic E-state index is 12.4. The molecule has 3 aromatic rings. The first-order valence-electron chi connectivity index (χ1n) is 8.99. The molecule has 8 heteroatoms. The second-order valence-electron chi connectivity index (χ2n) is 6.57. The molecule has 1 aromatic heterocycles. The number of aromatic nitrogens is 3. The summed E-state index contributed by atoms with van der Waals surface area (Å²) >= 11 is 3.43. The number of hydrogen-bond donors (Lipinski definition) is 1. The molecule has 1 N–H and O–H groups in total. The molecular formula is C21H19BrN4O3. The lowest BCUT2D eigenvalue weighted by Crippen LogP contribution is -2.29. The zero-order chi connectivity index (χ0) is 20.4. The summed E-state index contributed by atoms with van der Waals surface area (Å²) in [6.45, 7) is 2.30. The van der Waals surface area contributed by atoms with Crippen molar-refractivity contribution in [2.75, 3.05) is 12.4 Å². The molecule has 0 fully saturated rings. The van der Waals surface area contributed by atoms with E-state index in [2.05, 4.69) is 31.3 Å². The fraction of sp³-hybridized carbons (Fsp3) is 0.190. The van der Waals surface area contributed by atoms with Crippen molar-refractivity contribution in [2.24, 2.45) is 0 Å². The lowest BCUT2D eigenvalue weighted by atomic mass is 9.96. The molecule has 2 aromatic carbocycles. The van der Waals surface area contributed by atoms with Gasteiger partial charge in [-0.2, -0.15) is 10.1 Å². The maximum atomic E-state index is 12.4. The van der Waals surface area contributed by atoms with Gasteiger partial charge in [-0.05, 0) is 42.3 Å². The number of methoxy groups -OCH3 is 1. The van der Waals surface area contributed by atoms with Gasteiger partial charge in [0.05, 0.1) is 12.7 Å². The minimum absolute atomic E-state index is 0.406. The van der Waals surface area contributed by atoms with Crippen LogP contribution in [-0.4, -0.2) is 27.8 Å². The van der Waals surface area contributed by atoms with Crippen LogP contribution in [0.2, 0.25) is 0 Å². The van der Waals surface area contributed by atoms with E-state index in [1.807, 2.05) is 55.5 Å². The van der Waals surface area contributed by atoms with E-state index in [1.54, 1.807) is 4.68 Å². The van der Waals surface area contributed by atoms with Crippen LogP contribution < -0.4 is 10.1 Å². The Hall–Kier alpha value is -3.13. The summed E-state index contributed by atoms with van der Waals surface area (Å²) in [5.74, 6) is 0.914. The van der Waals surface area contributed by atoms with Crippen LogP contribution >= 0.6 is 15.9 Å². The lowest BCUT2D eigenvalue weighted by molar-refractivity contribution is -0.136. The minimum atomic E-state index is -0.429. The zero-order valence-corrected chi connectivity index (χ0v) is 17.5. The van der Waals surface area contributed by atoms with Crippen LogP contribution in [-0.2, 0) is 16.1 Å². The molecule has 0 aliphatic carbocycles. The van der Waals surface area contributed by atoms with E-state index in [9.17, 15) is 4.79 Å². The summed E-state index contributed by atoms with van der Waals surface area (Å²) in [6.07, 6.45) is 1.46. The largest absolute Gasteiger partial charge is 0.489 e. The first kappa shape index (κ1) is 19.2. The topological polar surface area (TPSA) is 78.3 Å². The predicted octanol–water partition coefficient (Wildman–Crippen LogP) is 4.08. The molecule has 0 bridgehead atoms. The van der Waals surface area contributed by atoms with Gasteiger partial charge in [-0.15, -0.1) is 0 Å². The summed E-state index contributed by atoms with van der Waals surface area (Å²) < 4.78 is 13.6. The van der Waals surface area contributed by atoms with Gasteiger partial charge in [-0.25, -0.2) is 9.48 Å². The highest BCUT2D eigenvalue weighted by atomic mass is 79.9. The Morgan fingerprint density at radius 1 is 1.17 bits per heavy atom. The number of hydrogen-bond acceptors (Lipinski definition) is 6. The molecule has 1 atom stereocenters. The number of ether oxygens (including phenoxy) is 2. The van der Waals surface area contributed by atoms with Gasteiger partial charge in [-0.3, -0.25) is 0 Å². The van der Waals surface area contributed by atoms with Crippen LogP contribution in [0, 0.1) is 0 Å². The van der Waals surface area contributed by atoms with Gasteiger partial charge >= 0.3 is 5.97 Å². The summed E-state index contributed by atoms with van der Waals surface area (Å²) in [5, 5.41) is 7.39. The number of carbonyl (C=O) groups excluding carboxylic acids is 1. The minimum Gasteiger partial charge on any atom is -0.489 e. The van der Waals surface area contributed by atoms with E-state index in [0.717, 1.165) is 21.3 Å². The third kappa shape index (κ3) is 3.88. The predicted molar refractivity (Wildman–Crippen MR) is 111 cm³/mol. The first-order valence-corrected chi connectivity index (χ1v) is 9.79. The molecule has 0 spiro atoms. The number of nitrogens with one attached hydrogen (secondary N) is 1. The number of fused-ring (bicyclic) bond motifs is 1. The maximum Gasteiger partial charge on any atom is 0.338 e. The number of nitrogens with zero attached hydrogens (tertiary/aromatic N) is 3. The summed E-state index contributed by atoms with van der Waals surface area (Å²) in [6, 6.07) is 15.2. The van der Waals surface area contributed by atoms with E-state index in [0.29, 0.717) is 23.8 Å². The highest BCUT2D eigenvalue weighted by Gasteiger charge is 2.33. The van der Waals surface area contributed by atoms with Crippen LogP contribution in [0.25, 0.3) is 0 Å². The van der Waals surface area contributed by atoms with Gasteiger partial charge in [-0.1, -0.05) is 40.2 Å². The molecule has 1 unspecified atom stereocenters. The van der Waals surface area contributed by atoms with Crippen molar-refractivity contribution in [1.29, 1.82) is 0 Å². The van der Waals surface area contributed by atoms with E-state index in [-0.39, 0.29) is 0 Å². The number of halogens is 1. The van der Waals surface area contributed by atoms with E-state index >= 15 is 0 Å². The molecule has 0 saturated heterocycles. The Morgan fingerprint density at radius 2 is 1.90 bits per heavy atom. The Balaban J connectivity index is 1.58. The van der Waals surface area contributed by atoms with Crippen molar-refractivity contribution in [3.05, 3.63) is 81.7 Å². The summed E-state index contributed by atoms with van der Waals surface area (Å²) in [7, 11) is 1.37. The molecule has 1 aliphatic rings. The van der Waals surface area contributed by atoms with Crippen molar-refractivity contribution >= 4 is 27.8 Å². The second kappa shape index (κ2) is 8.08. The number of anilines is 1. The summed E-state index contributed by atoms with van der Waals surface area (Å²) in [4.78, 5) is 16.6. The number of esters is 1. The average Bonchev–Trinajstić information content (AvgIpc) is 3.20. The Morgan fingerprint density at radius 3 is 2.59 bits per heavy atom. The molecule has 7 nitrogen and oxygen atoms in total. The highest BCUT2D eigenvalue weighted by Crippen LogP contribution is 2.35. The van der Waals surface area contributed by atoms with E-state index in [4.69, 9.17) is 9.47 Å². The van der Waals surface area contributed by atoms with Crippen molar-refractivity contribution in [1.82, 2.24) is 14.8 Å². The van der Waals surface area contributed by atoms with Crippen LogP contribution in [0.1, 0.15) is 24.1 Å². The molecular weight excluding hydrogens is 436 g/mol. The van der Waals surface area contributed by atoms with Gasteiger partial charge in [0.25, 0.3) is 0 Å². The molecule has 148 valence electrons. The molecule has 4 rings (SSSR count). The normalized spacial score (nSPS) is 15.5. The van der Waals surface area contributed by atoms with Crippen molar-refractivity contribution in [2.45, 2.75) is 19.6 Å². The molecule has 0 saturated carbocycles. The molecule has 2 heterocycles. The van der Waals surface area contributed by atoms with Crippen molar-refractivity contribution in [3.63, 3.8) is 0 Å². The average molecular weight is 455 g/mol. The Kier molecular flexibility index (Phi) is 5.35. The van der Waals surface area contributed by atoms with Gasteiger partial charge in [0.15, 0.2) is 0 Å². The fourth-order valence-electron chi connectivity index (χ4n) is 3.27. The summed E-state index contributed by atoms with van der Waals surface area (Å²) in [5.41, 5.74) is 3.15. The smallest absolute Gasteiger partial charge is 0.338 e. The lowest BCUT2D eigenvalue weighted by Gasteiger charge is -2.28. The van der Waals surface area contributed by atoms with Crippen LogP contribution in [0.15, 0.2) is 70.6 Å². The SMILES string of the molecule is COC(=O)C1=C(C)Nc2ncnn2C1c1ccc(OCc2ccc(Br)cc2)cc1. The quantitative estimate of drug-likeness (QED) is 0.585. The van der Waals surface area contributed by atoms with E-state index in [1.165, 1.54) is 13.4 Å². The van der Waals surface area contributed by atoms with Crippen molar-refractivity contribution in [3.8, 4) is 5.75 Å². The van der Waals surface area contributed by atoms with Gasteiger partial charge in [0.1, 0.15) is 24.7 Å². The first-order chi connectivity index (χ1) is 14.1. The zero-order valence-electron chi connectivity index (χ0n) is 15.9. The third-order valence-electron chi connectivity index (χ3n) is 4.71. The third-order valence-corrected chi connectivity index (χ3v) is 5.24. The highest BCUT2D eigenvalue weighted by molar-refractivity contribution is 9.10. The second-order valence-corrected chi connectivity index (χ2v) is 7.49.